The molecule has 0 saturated carbocycles. The van der Waals surface area contributed by atoms with E-state index in [-0.39, 0.29) is 18.4 Å². The second-order valence-electron chi connectivity index (χ2n) is 6.19. The van der Waals surface area contributed by atoms with E-state index in [2.05, 4.69) is 5.32 Å². The Hall–Kier alpha value is -2.82. The van der Waals surface area contributed by atoms with Gasteiger partial charge in [0, 0.05) is 12.7 Å². The van der Waals surface area contributed by atoms with E-state index in [0.29, 0.717) is 11.4 Å². The number of hydrogen-bond acceptors (Lipinski definition) is 3. The number of aryl methyl sites for hydroxylation is 2. The average molecular weight is 340 g/mol. The molecule has 2 amide bonds. The molecule has 5 heteroatoms. The zero-order valence-corrected chi connectivity index (χ0v) is 15.1. The lowest BCUT2D eigenvalue weighted by atomic mass is 10.2. The first-order valence-electron chi connectivity index (χ1n) is 8.20. The SMILES string of the molecule is Cc1ccc(NC(=O)CN(C)C(=O)[C@H](C)Oc2cccc(C)c2)cc1. The third-order valence-electron chi connectivity index (χ3n) is 3.74. The summed E-state index contributed by atoms with van der Waals surface area (Å²) in [5.74, 6) is 0.140. The van der Waals surface area contributed by atoms with Gasteiger partial charge in [0.25, 0.3) is 5.91 Å². The summed E-state index contributed by atoms with van der Waals surface area (Å²) in [6.45, 7) is 5.59. The van der Waals surface area contributed by atoms with E-state index in [1.807, 2.05) is 56.3 Å². The van der Waals surface area contributed by atoms with Crippen LogP contribution in [0.25, 0.3) is 0 Å². The zero-order chi connectivity index (χ0) is 18.4. The van der Waals surface area contributed by atoms with Crippen molar-refractivity contribution in [1.29, 1.82) is 0 Å². The molecule has 2 aromatic rings. The molecule has 2 rings (SSSR count). The number of anilines is 1. The van der Waals surface area contributed by atoms with Crippen LogP contribution < -0.4 is 10.1 Å². The Morgan fingerprint density at radius 2 is 1.76 bits per heavy atom. The van der Waals surface area contributed by atoms with Gasteiger partial charge < -0.3 is 15.0 Å². The van der Waals surface area contributed by atoms with Crippen molar-refractivity contribution in [3.63, 3.8) is 0 Å². The van der Waals surface area contributed by atoms with Crippen LogP contribution in [-0.2, 0) is 9.59 Å². The molecule has 0 unspecified atom stereocenters. The van der Waals surface area contributed by atoms with Crippen LogP contribution in [0.5, 0.6) is 5.75 Å². The number of ether oxygens (including phenoxy) is 1. The number of likely N-dealkylation sites (N-methyl/N-ethyl adjacent to an activating group) is 1. The third kappa shape index (κ3) is 5.64. The molecule has 0 aliphatic rings. The van der Waals surface area contributed by atoms with Gasteiger partial charge in [-0.15, -0.1) is 0 Å². The first-order chi connectivity index (χ1) is 11.8. The van der Waals surface area contributed by atoms with Crippen molar-refractivity contribution in [1.82, 2.24) is 4.90 Å². The Kier molecular flexibility index (Phi) is 6.17. The number of carbonyl (C=O) groups is 2. The number of nitrogens with one attached hydrogen (secondary N) is 1. The summed E-state index contributed by atoms with van der Waals surface area (Å²) in [6, 6.07) is 15.0. The highest BCUT2D eigenvalue weighted by molar-refractivity contribution is 5.95. The fraction of sp³-hybridized carbons (Fsp3) is 0.300. The largest absolute Gasteiger partial charge is 0.481 e. The van der Waals surface area contributed by atoms with Crippen molar-refractivity contribution in [2.45, 2.75) is 26.9 Å². The maximum Gasteiger partial charge on any atom is 0.263 e. The molecule has 0 spiro atoms. The molecular weight excluding hydrogens is 316 g/mol. The second-order valence-corrected chi connectivity index (χ2v) is 6.19. The predicted molar refractivity (Wildman–Crippen MR) is 98.7 cm³/mol. The molecule has 132 valence electrons. The van der Waals surface area contributed by atoms with Gasteiger partial charge in [0.2, 0.25) is 5.91 Å². The van der Waals surface area contributed by atoms with Gasteiger partial charge in [-0.25, -0.2) is 0 Å². The van der Waals surface area contributed by atoms with Gasteiger partial charge in [-0.3, -0.25) is 9.59 Å². The van der Waals surface area contributed by atoms with Crippen molar-refractivity contribution in [3.05, 3.63) is 59.7 Å². The van der Waals surface area contributed by atoms with Gasteiger partial charge in [0.05, 0.1) is 6.54 Å². The van der Waals surface area contributed by atoms with Gasteiger partial charge in [-0.1, -0.05) is 29.8 Å². The van der Waals surface area contributed by atoms with E-state index in [1.165, 1.54) is 4.90 Å². The quantitative estimate of drug-likeness (QED) is 0.879. The highest BCUT2D eigenvalue weighted by Crippen LogP contribution is 2.15. The normalized spacial score (nSPS) is 11.5. The fourth-order valence-electron chi connectivity index (χ4n) is 2.38. The Balaban J connectivity index is 1.88. The van der Waals surface area contributed by atoms with Crippen LogP contribution in [0.2, 0.25) is 0 Å². The highest BCUT2D eigenvalue weighted by atomic mass is 16.5. The molecule has 1 N–H and O–H groups in total. The summed E-state index contributed by atoms with van der Waals surface area (Å²) >= 11 is 0. The number of amides is 2. The summed E-state index contributed by atoms with van der Waals surface area (Å²) in [6.07, 6.45) is -0.668. The lowest BCUT2D eigenvalue weighted by Gasteiger charge is -2.22. The van der Waals surface area contributed by atoms with Crippen molar-refractivity contribution in [2.75, 3.05) is 18.9 Å². The van der Waals surface area contributed by atoms with Crippen LogP contribution in [0.1, 0.15) is 18.1 Å². The van der Waals surface area contributed by atoms with E-state index in [1.54, 1.807) is 20.0 Å². The number of hydrogen-bond donors (Lipinski definition) is 1. The van der Waals surface area contributed by atoms with Crippen LogP contribution in [0, 0.1) is 13.8 Å². The Bertz CT molecular complexity index is 741. The molecule has 0 aromatic heterocycles. The van der Waals surface area contributed by atoms with Gasteiger partial charge in [-0.05, 0) is 50.6 Å². The first-order valence-corrected chi connectivity index (χ1v) is 8.20. The van der Waals surface area contributed by atoms with E-state index in [4.69, 9.17) is 4.74 Å². The number of rotatable bonds is 6. The van der Waals surface area contributed by atoms with Gasteiger partial charge in [-0.2, -0.15) is 0 Å². The standard InChI is InChI=1S/C20H24N2O3/c1-14-8-10-17(11-9-14)21-19(23)13-22(4)20(24)16(3)25-18-7-5-6-15(2)12-18/h5-12,16H,13H2,1-4H3,(H,21,23)/t16-/m0/s1. The maximum atomic E-state index is 12.4. The summed E-state index contributed by atoms with van der Waals surface area (Å²) in [4.78, 5) is 25.8. The van der Waals surface area contributed by atoms with Gasteiger partial charge in [0.15, 0.2) is 6.10 Å². The smallest absolute Gasteiger partial charge is 0.263 e. The van der Waals surface area contributed by atoms with E-state index >= 15 is 0 Å². The van der Waals surface area contributed by atoms with Gasteiger partial charge in [0.1, 0.15) is 5.75 Å². The monoisotopic (exact) mass is 340 g/mol. The van der Waals surface area contributed by atoms with Crippen molar-refractivity contribution in [3.8, 4) is 5.75 Å². The third-order valence-corrected chi connectivity index (χ3v) is 3.74. The minimum absolute atomic E-state index is 0.0335. The van der Waals surface area contributed by atoms with E-state index in [0.717, 1.165) is 11.1 Å². The molecule has 0 aliphatic carbocycles. The average Bonchev–Trinajstić information content (AvgIpc) is 2.56. The summed E-state index contributed by atoms with van der Waals surface area (Å²) in [5, 5.41) is 2.78. The second kappa shape index (κ2) is 8.33. The maximum absolute atomic E-state index is 12.4. The molecule has 0 aliphatic heterocycles. The lowest BCUT2D eigenvalue weighted by Crippen LogP contribution is -2.41. The first kappa shape index (κ1) is 18.5. The molecule has 5 nitrogen and oxygen atoms in total. The van der Waals surface area contributed by atoms with Crippen molar-refractivity contribution < 1.29 is 14.3 Å². The zero-order valence-electron chi connectivity index (χ0n) is 15.1. The Morgan fingerprint density at radius 3 is 2.40 bits per heavy atom. The predicted octanol–water partition coefficient (Wildman–Crippen LogP) is 3.17. The molecule has 0 saturated heterocycles. The van der Waals surface area contributed by atoms with Crippen LogP contribution in [0.3, 0.4) is 0 Å². The summed E-state index contributed by atoms with van der Waals surface area (Å²) in [7, 11) is 1.59. The van der Waals surface area contributed by atoms with Crippen LogP contribution in [0.4, 0.5) is 5.69 Å². The summed E-state index contributed by atoms with van der Waals surface area (Å²) in [5.41, 5.74) is 2.89. The molecule has 0 radical (unpaired) electrons. The van der Waals surface area contributed by atoms with Crippen LogP contribution in [0.15, 0.2) is 48.5 Å². The van der Waals surface area contributed by atoms with Gasteiger partial charge >= 0.3 is 0 Å². The topological polar surface area (TPSA) is 58.6 Å². The summed E-state index contributed by atoms with van der Waals surface area (Å²) < 4.78 is 5.67. The Morgan fingerprint density at radius 1 is 1.08 bits per heavy atom. The number of carbonyl (C=O) groups excluding carboxylic acids is 2. The molecule has 0 heterocycles. The highest BCUT2D eigenvalue weighted by Gasteiger charge is 2.21. The minimum atomic E-state index is -0.668. The number of nitrogens with zero attached hydrogens (tertiary/aromatic N) is 1. The molecule has 2 aromatic carbocycles. The minimum Gasteiger partial charge on any atom is -0.481 e. The Labute approximate surface area is 148 Å². The molecule has 1 atom stereocenters. The molecular formula is C20H24N2O3. The molecule has 0 bridgehead atoms. The van der Waals surface area contributed by atoms with E-state index in [9.17, 15) is 9.59 Å². The molecule has 25 heavy (non-hydrogen) atoms. The van der Waals surface area contributed by atoms with Crippen LogP contribution in [-0.4, -0.2) is 36.4 Å². The fourth-order valence-corrected chi connectivity index (χ4v) is 2.38. The van der Waals surface area contributed by atoms with Crippen molar-refractivity contribution >= 4 is 17.5 Å². The van der Waals surface area contributed by atoms with Crippen molar-refractivity contribution in [2.24, 2.45) is 0 Å². The van der Waals surface area contributed by atoms with Crippen LogP contribution >= 0.6 is 0 Å². The number of benzene rings is 2. The van der Waals surface area contributed by atoms with E-state index < -0.39 is 6.10 Å². The lowest BCUT2D eigenvalue weighted by molar-refractivity contribution is -0.139. The molecule has 0 fully saturated rings.